The number of hydrogen-bond donors (Lipinski definition) is 2. The quantitative estimate of drug-likeness (QED) is 0.384. The normalized spacial score (nSPS) is 10.3. The van der Waals surface area contributed by atoms with Gasteiger partial charge in [-0.1, -0.05) is 35.9 Å². The Hall–Kier alpha value is -4.38. The van der Waals surface area contributed by atoms with Gasteiger partial charge in [-0.25, -0.2) is 0 Å². The number of aryl methyl sites for hydroxylation is 1. The van der Waals surface area contributed by atoms with Crippen molar-refractivity contribution in [2.24, 2.45) is 0 Å². The lowest BCUT2D eigenvalue weighted by Gasteiger charge is -2.09. The summed E-state index contributed by atoms with van der Waals surface area (Å²) < 4.78 is 5.76. The van der Waals surface area contributed by atoms with Crippen LogP contribution in [0.1, 0.15) is 26.3 Å². The smallest absolute Gasteiger partial charge is 0.255 e. The lowest BCUT2D eigenvalue weighted by molar-refractivity contribution is 0.102. The van der Waals surface area contributed by atoms with Crippen molar-refractivity contribution in [2.75, 3.05) is 10.6 Å². The fourth-order valence-electron chi connectivity index (χ4n) is 3.13. The lowest BCUT2D eigenvalue weighted by Crippen LogP contribution is -2.13. The van der Waals surface area contributed by atoms with Gasteiger partial charge in [0.25, 0.3) is 11.8 Å². The van der Waals surface area contributed by atoms with E-state index in [1.54, 1.807) is 54.6 Å². The van der Waals surface area contributed by atoms with Crippen LogP contribution in [0.3, 0.4) is 0 Å². The van der Waals surface area contributed by atoms with Crippen LogP contribution in [0.25, 0.3) is 0 Å². The summed E-state index contributed by atoms with van der Waals surface area (Å²) in [5.41, 5.74) is 3.38. The van der Waals surface area contributed by atoms with Crippen LogP contribution in [0.4, 0.5) is 11.4 Å². The van der Waals surface area contributed by atoms with E-state index in [-0.39, 0.29) is 11.8 Å². The van der Waals surface area contributed by atoms with E-state index in [0.29, 0.717) is 28.3 Å². The number of carbonyl (C=O) groups excluding carboxylic acids is 2. The van der Waals surface area contributed by atoms with Gasteiger partial charge in [-0.15, -0.1) is 0 Å². The number of ether oxygens (including phenoxy) is 1. The van der Waals surface area contributed by atoms with Crippen LogP contribution >= 0.6 is 0 Å². The molecule has 0 unspecified atom stereocenters. The zero-order chi connectivity index (χ0) is 22.3. The highest BCUT2D eigenvalue weighted by Gasteiger charge is 2.09. The Bertz CT molecular complexity index is 1220. The molecule has 0 radical (unpaired) electrons. The van der Waals surface area contributed by atoms with Crippen LogP contribution in [-0.2, 0) is 0 Å². The first-order valence-corrected chi connectivity index (χ1v) is 10.2. The van der Waals surface area contributed by atoms with Crippen LogP contribution in [0.15, 0.2) is 103 Å². The Balaban J connectivity index is 1.35. The number of hydrogen-bond acceptors (Lipinski definition) is 3. The SMILES string of the molecule is Cc1cccc(C(=O)Nc2ccc(C(=O)Nc3ccc(Oc4ccccc4)cc3)cc2)c1. The first kappa shape index (κ1) is 20.9. The summed E-state index contributed by atoms with van der Waals surface area (Å²) in [4.78, 5) is 24.9. The van der Waals surface area contributed by atoms with Gasteiger partial charge in [-0.05, 0) is 79.7 Å². The highest BCUT2D eigenvalue weighted by Crippen LogP contribution is 2.23. The van der Waals surface area contributed by atoms with E-state index in [9.17, 15) is 9.59 Å². The van der Waals surface area contributed by atoms with Gasteiger partial charge in [0.05, 0.1) is 0 Å². The molecule has 5 heteroatoms. The van der Waals surface area contributed by atoms with Gasteiger partial charge < -0.3 is 15.4 Å². The molecule has 0 aromatic heterocycles. The number of nitrogens with one attached hydrogen (secondary N) is 2. The summed E-state index contributed by atoms with van der Waals surface area (Å²) in [5, 5.41) is 5.70. The summed E-state index contributed by atoms with van der Waals surface area (Å²) in [5.74, 6) is 1.00. The third-order valence-electron chi connectivity index (χ3n) is 4.78. The second-order valence-corrected chi connectivity index (χ2v) is 7.29. The highest BCUT2D eigenvalue weighted by molar-refractivity contribution is 6.06. The molecule has 0 saturated heterocycles. The molecule has 0 aliphatic heterocycles. The van der Waals surface area contributed by atoms with Gasteiger partial charge in [0.1, 0.15) is 11.5 Å². The Morgan fingerprint density at radius 3 is 1.78 bits per heavy atom. The molecule has 0 saturated carbocycles. The molecule has 0 bridgehead atoms. The maximum absolute atomic E-state index is 12.6. The Kier molecular flexibility index (Phi) is 6.28. The molecule has 0 spiro atoms. The molecular weight excluding hydrogens is 400 g/mol. The molecule has 0 aliphatic rings. The van der Waals surface area contributed by atoms with Gasteiger partial charge in [0.2, 0.25) is 0 Å². The van der Waals surface area contributed by atoms with E-state index < -0.39 is 0 Å². The molecule has 0 heterocycles. The van der Waals surface area contributed by atoms with Crippen LogP contribution in [0.5, 0.6) is 11.5 Å². The fourth-order valence-corrected chi connectivity index (χ4v) is 3.13. The predicted octanol–water partition coefficient (Wildman–Crippen LogP) is 6.29. The zero-order valence-electron chi connectivity index (χ0n) is 17.5. The largest absolute Gasteiger partial charge is 0.457 e. The number of carbonyl (C=O) groups is 2. The van der Waals surface area contributed by atoms with Crippen molar-refractivity contribution in [1.29, 1.82) is 0 Å². The summed E-state index contributed by atoms with van der Waals surface area (Å²) >= 11 is 0. The molecule has 32 heavy (non-hydrogen) atoms. The topological polar surface area (TPSA) is 67.4 Å². The molecule has 4 aromatic rings. The summed E-state index contributed by atoms with van der Waals surface area (Å²) in [6.07, 6.45) is 0. The Morgan fingerprint density at radius 1 is 0.594 bits per heavy atom. The molecule has 0 aliphatic carbocycles. The highest BCUT2D eigenvalue weighted by atomic mass is 16.5. The van der Waals surface area contributed by atoms with Gasteiger partial charge in [-0.3, -0.25) is 9.59 Å². The van der Waals surface area contributed by atoms with Gasteiger partial charge in [0, 0.05) is 22.5 Å². The Morgan fingerprint density at radius 2 is 1.16 bits per heavy atom. The van der Waals surface area contributed by atoms with E-state index in [1.807, 2.05) is 55.5 Å². The van der Waals surface area contributed by atoms with Gasteiger partial charge >= 0.3 is 0 Å². The fraction of sp³-hybridized carbons (Fsp3) is 0.0370. The average Bonchev–Trinajstić information content (AvgIpc) is 2.81. The van der Waals surface area contributed by atoms with E-state index in [0.717, 1.165) is 11.3 Å². The third kappa shape index (κ3) is 5.40. The second-order valence-electron chi connectivity index (χ2n) is 7.29. The first-order valence-electron chi connectivity index (χ1n) is 10.2. The summed E-state index contributed by atoms with van der Waals surface area (Å²) in [6, 6.07) is 30.8. The van der Waals surface area contributed by atoms with Crippen LogP contribution in [-0.4, -0.2) is 11.8 Å². The monoisotopic (exact) mass is 422 g/mol. The maximum atomic E-state index is 12.6. The van der Waals surface area contributed by atoms with E-state index in [4.69, 9.17) is 4.74 Å². The van der Waals surface area contributed by atoms with Gasteiger partial charge in [-0.2, -0.15) is 0 Å². The van der Waals surface area contributed by atoms with Crippen molar-refractivity contribution in [1.82, 2.24) is 0 Å². The summed E-state index contributed by atoms with van der Waals surface area (Å²) in [7, 11) is 0. The van der Waals surface area contributed by atoms with Gasteiger partial charge in [0.15, 0.2) is 0 Å². The molecule has 158 valence electrons. The van der Waals surface area contributed by atoms with Crippen LogP contribution in [0, 0.1) is 6.92 Å². The van der Waals surface area contributed by atoms with Crippen molar-refractivity contribution < 1.29 is 14.3 Å². The van der Waals surface area contributed by atoms with Crippen molar-refractivity contribution in [3.8, 4) is 11.5 Å². The Labute approximate surface area is 186 Å². The molecule has 0 atom stereocenters. The van der Waals surface area contributed by atoms with Crippen LogP contribution in [0.2, 0.25) is 0 Å². The molecular formula is C27H22N2O3. The number of amides is 2. The average molecular weight is 422 g/mol. The minimum atomic E-state index is -0.238. The van der Waals surface area contributed by atoms with Crippen molar-refractivity contribution in [2.45, 2.75) is 6.92 Å². The minimum Gasteiger partial charge on any atom is -0.457 e. The number of benzene rings is 4. The van der Waals surface area contributed by atoms with E-state index in [1.165, 1.54) is 0 Å². The molecule has 2 N–H and O–H groups in total. The molecule has 0 fully saturated rings. The molecule has 2 amide bonds. The summed E-state index contributed by atoms with van der Waals surface area (Å²) in [6.45, 7) is 1.94. The predicted molar refractivity (Wildman–Crippen MR) is 126 cm³/mol. The minimum absolute atomic E-state index is 0.191. The lowest BCUT2D eigenvalue weighted by atomic mass is 10.1. The molecule has 4 rings (SSSR count). The first-order chi connectivity index (χ1) is 15.6. The van der Waals surface area contributed by atoms with Crippen molar-refractivity contribution in [3.63, 3.8) is 0 Å². The number of rotatable bonds is 6. The van der Waals surface area contributed by atoms with Crippen molar-refractivity contribution >= 4 is 23.2 Å². The second kappa shape index (κ2) is 9.62. The van der Waals surface area contributed by atoms with E-state index >= 15 is 0 Å². The number of para-hydroxylation sites is 1. The molecule has 4 aromatic carbocycles. The maximum Gasteiger partial charge on any atom is 0.255 e. The molecule has 5 nitrogen and oxygen atoms in total. The van der Waals surface area contributed by atoms with Crippen LogP contribution < -0.4 is 15.4 Å². The number of anilines is 2. The standard InChI is InChI=1S/C27H22N2O3/c1-19-6-5-7-21(18-19)27(31)29-22-12-10-20(11-13-22)26(30)28-23-14-16-25(17-15-23)32-24-8-3-2-4-9-24/h2-18H,1H3,(H,28,30)(H,29,31). The van der Waals surface area contributed by atoms with Crippen molar-refractivity contribution in [3.05, 3.63) is 120 Å². The van der Waals surface area contributed by atoms with E-state index in [2.05, 4.69) is 10.6 Å². The zero-order valence-corrected chi connectivity index (χ0v) is 17.5. The third-order valence-corrected chi connectivity index (χ3v) is 4.78.